The summed E-state index contributed by atoms with van der Waals surface area (Å²) in [7, 11) is 2.43. The van der Waals surface area contributed by atoms with Crippen LogP contribution < -0.4 is 21.8 Å². The van der Waals surface area contributed by atoms with Crippen molar-refractivity contribution in [2.45, 2.75) is 64.9 Å². The first-order chi connectivity index (χ1) is 23.4. The highest BCUT2D eigenvalue weighted by Gasteiger charge is 2.35. The Balaban J connectivity index is 1.94. The van der Waals surface area contributed by atoms with Gasteiger partial charge in [0.1, 0.15) is 18.2 Å². The molecule has 264 valence electrons. The molecule has 0 bridgehead atoms. The number of nitrogens with zero attached hydrogens (tertiary/aromatic N) is 1. The number of hydrogen-bond donors (Lipinski definition) is 4. The predicted molar refractivity (Wildman–Crippen MR) is 187 cm³/mol. The van der Waals surface area contributed by atoms with Crippen LogP contribution in [0.15, 0.2) is 84.9 Å². The van der Waals surface area contributed by atoms with E-state index in [4.69, 9.17) is 20.1 Å². The number of benzene rings is 3. The zero-order valence-electron chi connectivity index (χ0n) is 29.1. The van der Waals surface area contributed by atoms with Crippen LogP contribution in [0, 0.1) is 11.8 Å². The van der Waals surface area contributed by atoms with Gasteiger partial charge in [0, 0.05) is 6.54 Å². The summed E-state index contributed by atoms with van der Waals surface area (Å²) >= 11 is 0. The maximum absolute atomic E-state index is 13.7. The van der Waals surface area contributed by atoms with Gasteiger partial charge < -0.3 is 30.2 Å². The van der Waals surface area contributed by atoms with Gasteiger partial charge in [0.2, 0.25) is 5.91 Å². The van der Waals surface area contributed by atoms with Crippen LogP contribution >= 0.6 is 0 Å². The number of alkyl carbamates (subject to hydrolysis) is 2. The van der Waals surface area contributed by atoms with E-state index in [1.54, 1.807) is 27.7 Å². The molecule has 0 unspecified atom stereocenters. The van der Waals surface area contributed by atoms with Gasteiger partial charge in [-0.3, -0.25) is 10.6 Å². The summed E-state index contributed by atoms with van der Waals surface area (Å²) in [5.41, 5.74) is 3.93. The molecule has 0 spiro atoms. The van der Waals surface area contributed by atoms with E-state index in [-0.39, 0.29) is 24.8 Å². The average molecular weight is 676 g/mol. The smallest absolute Gasteiger partial charge is 0.407 e. The number of rotatable bonds is 16. The fraction of sp³-hybridized carbons (Fsp3) is 0.405. The van der Waals surface area contributed by atoms with E-state index in [0.717, 1.165) is 22.3 Å². The Hall–Kier alpha value is -4.94. The number of nitrogens with one attached hydrogen (secondary N) is 3. The monoisotopic (exact) mass is 675 g/mol. The summed E-state index contributed by atoms with van der Waals surface area (Å²) in [5.74, 6) is 4.74. The van der Waals surface area contributed by atoms with Gasteiger partial charge in [-0.2, -0.15) is 0 Å². The standard InChI is InChI=1S/C37H49N5O7/c1-24(2)32(40-36(45)47-5)34(43)39-30(21-26-13-9-7-10-14-26)31(49-35(44)33(25(3)4)41-37(46)48-6)23-42(38)22-27-17-19-29(20-18-27)28-15-11-8-12-16-28/h7-20,24-25,30-33H,21-23,38H2,1-6H3,(H,39,43)(H,40,45)(H,41,46)/t30-,31-,32+,33+/m0/s1. The second-order valence-corrected chi connectivity index (χ2v) is 12.5. The molecule has 3 aromatic carbocycles. The lowest BCUT2D eigenvalue weighted by Crippen LogP contribution is -2.58. The molecule has 0 saturated carbocycles. The lowest BCUT2D eigenvalue weighted by molar-refractivity contribution is -0.156. The SMILES string of the molecule is COC(=O)N[C@@H](C(=O)N[C@@H](Cc1ccccc1)[C@H](CN(N)Cc1ccc(-c2ccccc2)cc1)OC(=O)[C@H](NC(=O)OC)C(C)C)C(C)C. The normalized spacial score (nSPS) is 13.6. The molecule has 3 amide bonds. The Morgan fingerprint density at radius 3 is 1.71 bits per heavy atom. The van der Waals surface area contributed by atoms with Crippen molar-refractivity contribution in [1.29, 1.82) is 0 Å². The van der Waals surface area contributed by atoms with Crippen LogP contribution in [0.3, 0.4) is 0 Å². The highest BCUT2D eigenvalue weighted by Crippen LogP contribution is 2.20. The van der Waals surface area contributed by atoms with E-state index < -0.39 is 48.3 Å². The number of amides is 3. The van der Waals surface area contributed by atoms with Crippen molar-refractivity contribution in [2.75, 3.05) is 20.8 Å². The van der Waals surface area contributed by atoms with Crippen LogP contribution in [0.1, 0.15) is 38.8 Å². The van der Waals surface area contributed by atoms with E-state index >= 15 is 0 Å². The van der Waals surface area contributed by atoms with Crippen molar-refractivity contribution in [2.24, 2.45) is 17.7 Å². The Morgan fingerprint density at radius 2 is 1.18 bits per heavy atom. The zero-order chi connectivity index (χ0) is 35.9. The number of carbonyl (C=O) groups is 4. The first kappa shape index (κ1) is 38.5. The fourth-order valence-electron chi connectivity index (χ4n) is 5.25. The van der Waals surface area contributed by atoms with E-state index in [9.17, 15) is 19.2 Å². The molecule has 12 heteroatoms. The molecule has 12 nitrogen and oxygen atoms in total. The van der Waals surface area contributed by atoms with Gasteiger partial charge in [0.25, 0.3) is 0 Å². The Labute approximate surface area is 288 Å². The molecule has 4 atom stereocenters. The van der Waals surface area contributed by atoms with Gasteiger partial charge in [-0.05, 0) is 40.5 Å². The van der Waals surface area contributed by atoms with Gasteiger partial charge in [0.05, 0.1) is 26.8 Å². The van der Waals surface area contributed by atoms with Crippen LogP contribution in [0.4, 0.5) is 9.59 Å². The van der Waals surface area contributed by atoms with Crippen molar-refractivity contribution in [1.82, 2.24) is 21.0 Å². The molecule has 0 aliphatic rings. The quantitative estimate of drug-likeness (QED) is 0.0745. The third-order valence-corrected chi connectivity index (χ3v) is 7.99. The molecule has 5 N–H and O–H groups in total. The molecule has 0 heterocycles. The van der Waals surface area contributed by atoms with Crippen molar-refractivity contribution in [3.05, 3.63) is 96.1 Å². The summed E-state index contributed by atoms with van der Waals surface area (Å²) in [4.78, 5) is 51.7. The minimum absolute atomic E-state index is 0.0176. The number of hydrogen-bond acceptors (Lipinski definition) is 9. The summed E-state index contributed by atoms with van der Waals surface area (Å²) in [6.45, 7) is 7.44. The second kappa shape index (κ2) is 19.2. The van der Waals surface area contributed by atoms with Crippen molar-refractivity contribution >= 4 is 24.1 Å². The van der Waals surface area contributed by atoms with Gasteiger partial charge >= 0.3 is 18.2 Å². The molecule has 0 saturated heterocycles. The first-order valence-electron chi connectivity index (χ1n) is 16.3. The first-order valence-corrected chi connectivity index (χ1v) is 16.3. The van der Waals surface area contributed by atoms with Gasteiger partial charge in [-0.15, -0.1) is 0 Å². The lowest BCUT2D eigenvalue weighted by atomic mass is 9.97. The Kier molecular flexibility index (Phi) is 15.1. The van der Waals surface area contributed by atoms with Crippen molar-refractivity contribution in [3.8, 4) is 11.1 Å². The fourth-order valence-corrected chi connectivity index (χ4v) is 5.25. The summed E-state index contributed by atoms with van der Waals surface area (Å²) < 4.78 is 15.6. The number of hydrazine groups is 1. The molecular formula is C37H49N5O7. The number of carbonyl (C=O) groups excluding carboxylic acids is 4. The van der Waals surface area contributed by atoms with E-state index in [0.29, 0.717) is 6.54 Å². The Morgan fingerprint density at radius 1 is 0.673 bits per heavy atom. The molecular weight excluding hydrogens is 626 g/mol. The topological polar surface area (TPSA) is 161 Å². The van der Waals surface area contributed by atoms with E-state index in [1.807, 2.05) is 84.9 Å². The van der Waals surface area contributed by atoms with Crippen LogP contribution in [-0.4, -0.2) is 74.1 Å². The van der Waals surface area contributed by atoms with Gasteiger partial charge in [0.15, 0.2) is 0 Å². The van der Waals surface area contributed by atoms with Crippen LogP contribution in [0.2, 0.25) is 0 Å². The number of esters is 1. The van der Waals surface area contributed by atoms with Crippen molar-refractivity contribution < 1.29 is 33.4 Å². The zero-order valence-corrected chi connectivity index (χ0v) is 29.1. The van der Waals surface area contributed by atoms with E-state index in [1.165, 1.54) is 19.2 Å². The molecule has 0 aromatic heterocycles. The molecule has 0 radical (unpaired) electrons. The summed E-state index contributed by atoms with van der Waals surface area (Å²) in [6.07, 6.45) is -2.26. The molecule has 3 rings (SSSR count). The van der Waals surface area contributed by atoms with Crippen LogP contribution in [-0.2, 0) is 36.8 Å². The highest BCUT2D eigenvalue weighted by molar-refractivity contribution is 5.86. The minimum Gasteiger partial charge on any atom is -0.457 e. The van der Waals surface area contributed by atoms with Crippen molar-refractivity contribution in [3.63, 3.8) is 0 Å². The maximum Gasteiger partial charge on any atom is 0.407 e. The summed E-state index contributed by atoms with van der Waals surface area (Å²) in [6, 6.07) is 24.6. The van der Waals surface area contributed by atoms with Gasteiger partial charge in [-0.25, -0.2) is 19.4 Å². The van der Waals surface area contributed by atoms with Crippen LogP contribution in [0.25, 0.3) is 11.1 Å². The summed E-state index contributed by atoms with van der Waals surface area (Å²) in [5, 5.41) is 9.67. The molecule has 0 aliphatic carbocycles. The molecule has 3 aromatic rings. The van der Waals surface area contributed by atoms with Crippen LogP contribution in [0.5, 0.6) is 0 Å². The number of methoxy groups -OCH3 is 2. The maximum atomic E-state index is 13.7. The molecule has 0 fully saturated rings. The number of nitrogens with two attached hydrogens (primary N) is 1. The average Bonchev–Trinajstić information content (AvgIpc) is 3.09. The third-order valence-electron chi connectivity index (χ3n) is 7.99. The molecule has 0 aliphatic heterocycles. The largest absolute Gasteiger partial charge is 0.457 e. The van der Waals surface area contributed by atoms with E-state index in [2.05, 4.69) is 16.0 Å². The predicted octanol–water partition coefficient (Wildman–Crippen LogP) is 4.43. The Bertz CT molecular complexity index is 1490. The second-order valence-electron chi connectivity index (χ2n) is 12.5. The number of ether oxygens (including phenoxy) is 3. The van der Waals surface area contributed by atoms with Gasteiger partial charge in [-0.1, -0.05) is 113 Å². The molecule has 49 heavy (non-hydrogen) atoms. The third kappa shape index (κ3) is 12.2. The minimum atomic E-state index is -1.04. The highest BCUT2D eigenvalue weighted by atomic mass is 16.6. The lowest BCUT2D eigenvalue weighted by Gasteiger charge is -2.34.